The molecule has 174 valence electrons. The van der Waals surface area contributed by atoms with Crippen LogP contribution in [0.1, 0.15) is 25.3 Å². The summed E-state index contributed by atoms with van der Waals surface area (Å²) in [6.07, 6.45) is 3.12. The number of rotatable bonds is 7. The molecule has 2 heterocycles. The van der Waals surface area contributed by atoms with E-state index in [1.807, 2.05) is 48.5 Å². The smallest absolute Gasteiger partial charge is 0.275 e. The molecule has 0 radical (unpaired) electrons. The first-order valence-corrected chi connectivity index (χ1v) is 11.1. The molecule has 0 spiro atoms. The van der Waals surface area contributed by atoms with Crippen molar-refractivity contribution in [3.8, 4) is 17.1 Å². The van der Waals surface area contributed by atoms with Crippen LogP contribution in [0.15, 0.2) is 66.7 Å². The van der Waals surface area contributed by atoms with Gasteiger partial charge < -0.3 is 0 Å². The molecule has 0 atom stereocenters. The van der Waals surface area contributed by atoms with Gasteiger partial charge in [0.2, 0.25) is 0 Å². The monoisotopic (exact) mass is 468 g/mol. The molecule has 3 aromatic carbocycles. The van der Waals surface area contributed by atoms with E-state index in [1.54, 1.807) is 4.57 Å². The van der Waals surface area contributed by atoms with Crippen molar-refractivity contribution in [3.63, 3.8) is 0 Å². The molecule has 10 heteroatoms. The predicted molar refractivity (Wildman–Crippen MR) is 132 cm³/mol. The summed E-state index contributed by atoms with van der Waals surface area (Å²) in [6, 6.07) is 18.7. The highest BCUT2D eigenvalue weighted by Gasteiger charge is 2.23. The number of para-hydroxylation sites is 2. The lowest BCUT2D eigenvalue weighted by Crippen LogP contribution is -2.01. The summed E-state index contributed by atoms with van der Waals surface area (Å²) in [4.78, 5) is 35.7. The minimum absolute atomic E-state index is 0.227. The Labute approximate surface area is 199 Å². The third-order valence-electron chi connectivity index (χ3n) is 5.77. The number of fused-ring (bicyclic) bond motifs is 2. The van der Waals surface area contributed by atoms with Gasteiger partial charge in [0.15, 0.2) is 11.3 Å². The van der Waals surface area contributed by atoms with E-state index in [1.165, 1.54) is 17.7 Å². The number of aryl methyl sites for hydroxylation is 1. The average molecular weight is 468 g/mol. The van der Waals surface area contributed by atoms with Crippen molar-refractivity contribution in [3.05, 3.63) is 92.5 Å². The Morgan fingerprint density at radius 3 is 2.06 bits per heavy atom. The number of nitrogens with zero attached hydrogens (tertiary/aromatic N) is 6. The molecule has 5 aromatic rings. The second kappa shape index (κ2) is 8.90. The zero-order valence-corrected chi connectivity index (χ0v) is 18.8. The summed E-state index contributed by atoms with van der Waals surface area (Å²) in [6.45, 7) is 2.14. The fraction of sp³-hybridized carbons (Fsp3) is 0.160. The number of unbranched alkanes of at least 4 members (excludes halogenated alkanes) is 1. The Hall–Kier alpha value is -4.73. The third kappa shape index (κ3) is 4.17. The topological polar surface area (TPSA) is 130 Å². The third-order valence-corrected chi connectivity index (χ3v) is 5.77. The predicted octanol–water partition coefficient (Wildman–Crippen LogP) is 5.79. The average Bonchev–Trinajstić information content (AvgIpc) is 3.24. The molecule has 0 saturated carbocycles. The number of aromatic nitrogens is 4. The summed E-state index contributed by atoms with van der Waals surface area (Å²) in [5.74, 6) is 0.281. The highest BCUT2D eigenvalue weighted by molar-refractivity contribution is 5.86. The minimum Gasteiger partial charge on any atom is -0.275 e. The van der Waals surface area contributed by atoms with Crippen LogP contribution >= 0.6 is 0 Å². The van der Waals surface area contributed by atoms with Crippen molar-refractivity contribution < 1.29 is 9.85 Å². The number of nitro groups is 2. The molecule has 2 aromatic heterocycles. The van der Waals surface area contributed by atoms with Crippen molar-refractivity contribution >= 4 is 33.7 Å². The van der Waals surface area contributed by atoms with Gasteiger partial charge in [0.25, 0.3) is 11.4 Å². The molecule has 0 N–H and O–H groups in total. The van der Waals surface area contributed by atoms with Crippen molar-refractivity contribution in [2.24, 2.45) is 0 Å². The first-order chi connectivity index (χ1) is 16.9. The highest BCUT2D eigenvalue weighted by Crippen LogP contribution is 2.33. The second-order valence-electron chi connectivity index (χ2n) is 8.15. The normalized spacial score (nSPS) is 11.2. The van der Waals surface area contributed by atoms with Crippen molar-refractivity contribution in [1.82, 2.24) is 19.5 Å². The van der Waals surface area contributed by atoms with Crippen LogP contribution in [-0.4, -0.2) is 29.4 Å². The van der Waals surface area contributed by atoms with E-state index in [2.05, 4.69) is 16.9 Å². The van der Waals surface area contributed by atoms with Crippen molar-refractivity contribution in [2.75, 3.05) is 0 Å². The lowest BCUT2D eigenvalue weighted by atomic mass is 10.1. The molecule has 0 aliphatic rings. The molecular weight excluding hydrogens is 448 g/mol. The van der Waals surface area contributed by atoms with Crippen LogP contribution in [0.3, 0.4) is 0 Å². The van der Waals surface area contributed by atoms with Gasteiger partial charge in [-0.1, -0.05) is 37.6 Å². The van der Waals surface area contributed by atoms with Crippen LogP contribution in [0.2, 0.25) is 0 Å². The Kier molecular flexibility index (Phi) is 5.61. The van der Waals surface area contributed by atoms with E-state index in [4.69, 9.17) is 4.98 Å². The summed E-state index contributed by atoms with van der Waals surface area (Å²) in [7, 11) is 0. The largest absolute Gasteiger partial charge is 0.277 e. The van der Waals surface area contributed by atoms with Gasteiger partial charge in [-0.15, -0.1) is 0 Å². The Morgan fingerprint density at radius 1 is 0.829 bits per heavy atom. The molecule has 0 aliphatic carbocycles. The maximum Gasteiger partial charge on any atom is 0.277 e. The Bertz CT molecular complexity index is 1560. The molecule has 0 unspecified atom stereocenters. The lowest BCUT2D eigenvalue weighted by molar-refractivity contribution is -0.394. The van der Waals surface area contributed by atoms with Crippen LogP contribution in [0.4, 0.5) is 11.4 Å². The summed E-state index contributed by atoms with van der Waals surface area (Å²) in [5, 5.41) is 23.0. The quantitative estimate of drug-likeness (QED) is 0.218. The molecule has 0 amide bonds. The highest BCUT2D eigenvalue weighted by atomic mass is 16.6. The first kappa shape index (κ1) is 22.1. The fourth-order valence-corrected chi connectivity index (χ4v) is 4.02. The number of nitro benzene ring substituents is 2. The Balaban J connectivity index is 1.78. The van der Waals surface area contributed by atoms with E-state index < -0.39 is 21.2 Å². The van der Waals surface area contributed by atoms with Gasteiger partial charge in [0.05, 0.1) is 26.9 Å². The van der Waals surface area contributed by atoms with Crippen LogP contribution in [0, 0.1) is 20.2 Å². The number of benzene rings is 3. The number of non-ortho nitro benzene ring substituents is 2. The van der Waals surface area contributed by atoms with Crippen LogP contribution in [0.5, 0.6) is 0 Å². The zero-order valence-electron chi connectivity index (χ0n) is 18.8. The van der Waals surface area contributed by atoms with Crippen LogP contribution < -0.4 is 0 Å². The van der Waals surface area contributed by atoms with E-state index in [0.29, 0.717) is 22.3 Å². The van der Waals surface area contributed by atoms with Gasteiger partial charge >= 0.3 is 0 Å². The molecular formula is C25H20N6O4. The van der Waals surface area contributed by atoms with Crippen LogP contribution in [0.25, 0.3) is 39.4 Å². The molecule has 35 heavy (non-hydrogen) atoms. The van der Waals surface area contributed by atoms with Gasteiger partial charge in [-0.3, -0.25) is 24.8 Å². The SMILES string of the molecule is CCCCc1ccc(-n2c(-c3cc([N+](=O)[O-])cc([N+](=O)[O-])c3)nc3nc4ccccc4nc32)cc1. The van der Waals surface area contributed by atoms with Gasteiger partial charge in [0.1, 0.15) is 5.82 Å². The molecule has 0 aliphatic heterocycles. The fourth-order valence-electron chi connectivity index (χ4n) is 4.02. The molecule has 0 bridgehead atoms. The van der Waals surface area contributed by atoms with E-state index >= 15 is 0 Å². The first-order valence-electron chi connectivity index (χ1n) is 11.1. The van der Waals surface area contributed by atoms with Gasteiger partial charge in [-0.2, -0.15) is 0 Å². The maximum absolute atomic E-state index is 11.5. The second-order valence-corrected chi connectivity index (χ2v) is 8.15. The lowest BCUT2D eigenvalue weighted by Gasteiger charge is -2.10. The Morgan fingerprint density at radius 2 is 1.46 bits per heavy atom. The van der Waals surface area contributed by atoms with E-state index in [-0.39, 0.29) is 11.4 Å². The number of hydrogen-bond acceptors (Lipinski definition) is 7. The van der Waals surface area contributed by atoms with Gasteiger partial charge in [-0.05, 0) is 42.7 Å². The molecule has 0 fully saturated rings. The van der Waals surface area contributed by atoms with Crippen LogP contribution in [-0.2, 0) is 6.42 Å². The van der Waals surface area contributed by atoms with E-state index in [9.17, 15) is 20.2 Å². The van der Waals surface area contributed by atoms with Crippen molar-refractivity contribution in [1.29, 1.82) is 0 Å². The van der Waals surface area contributed by atoms with Crippen molar-refractivity contribution in [2.45, 2.75) is 26.2 Å². The summed E-state index contributed by atoms with van der Waals surface area (Å²) < 4.78 is 1.74. The van der Waals surface area contributed by atoms with Gasteiger partial charge in [0, 0.05) is 23.4 Å². The summed E-state index contributed by atoms with van der Waals surface area (Å²) >= 11 is 0. The molecule has 5 rings (SSSR count). The van der Waals surface area contributed by atoms with E-state index in [0.717, 1.165) is 31.0 Å². The zero-order chi connectivity index (χ0) is 24.5. The molecule has 10 nitrogen and oxygen atoms in total. The number of imidazole rings is 1. The van der Waals surface area contributed by atoms with Gasteiger partial charge in [-0.25, -0.2) is 15.0 Å². The molecule has 0 saturated heterocycles. The standard InChI is InChI=1S/C25H20N6O4/c1-2-3-6-16-9-11-18(12-10-16)29-24(17-13-19(30(32)33)15-20(14-17)31(34)35)28-23-25(29)27-22-8-5-4-7-21(22)26-23/h4-5,7-15H,2-3,6H2,1H3. The number of hydrogen-bond donors (Lipinski definition) is 0. The summed E-state index contributed by atoms with van der Waals surface area (Å²) in [5.41, 5.74) is 3.45. The minimum atomic E-state index is -0.656. The maximum atomic E-state index is 11.5.